The first-order chi connectivity index (χ1) is 12.7. The number of aromatic nitrogens is 5. The number of amides is 2. The fraction of sp³-hybridized carbons (Fsp3) is 0.278. The first-order valence-electron chi connectivity index (χ1n) is 8.53. The summed E-state index contributed by atoms with van der Waals surface area (Å²) < 4.78 is 1.70. The van der Waals surface area contributed by atoms with Crippen LogP contribution in [0, 0.1) is 0 Å². The number of rotatable bonds is 3. The highest BCUT2D eigenvalue weighted by Crippen LogP contribution is 2.27. The van der Waals surface area contributed by atoms with E-state index in [1.54, 1.807) is 29.2 Å². The minimum Gasteiger partial charge on any atom is -0.329 e. The smallest absolute Gasteiger partial charge is 0.320 e. The molecule has 1 atom stereocenters. The fourth-order valence-electron chi connectivity index (χ4n) is 3.17. The van der Waals surface area contributed by atoms with E-state index in [9.17, 15) is 4.79 Å². The highest BCUT2D eigenvalue weighted by Gasteiger charge is 2.22. The summed E-state index contributed by atoms with van der Waals surface area (Å²) in [5.74, 6) is 0.396. The van der Waals surface area contributed by atoms with Crippen LogP contribution < -0.4 is 10.6 Å². The monoisotopic (exact) mass is 349 g/mol. The molecule has 0 spiro atoms. The number of nitrogens with zero attached hydrogens (tertiary/aromatic N) is 5. The molecule has 1 aliphatic rings. The van der Waals surface area contributed by atoms with Crippen LogP contribution in [0.25, 0.3) is 11.3 Å². The highest BCUT2D eigenvalue weighted by molar-refractivity contribution is 5.88. The molecule has 8 nitrogen and oxygen atoms in total. The van der Waals surface area contributed by atoms with Crippen LogP contribution in [-0.2, 0) is 13.5 Å². The van der Waals surface area contributed by atoms with Crippen LogP contribution >= 0.6 is 0 Å². The van der Waals surface area contributed by atoms with Crippen LogP contribution in [0.15, 0.2) is 42.9 Å². The molecule has 8 heteroatoms. The maximum absolute atomic E-state index is 12.3. The van der Waals surface area contributed by atoms with E-state index in [-0.39, 0.29) is 12.1 Å². The van der Waals surface area contributed by atoms with E-state index in [0.29, 0.717) is 11.5 Å². The number of carbonyl (C=O) groups is 1. The average molecular weight is 349 g/mol. The van der Waals surface area contributed by atoms with Crippen molar-refractivity contribution in [3.8, 4) is 11.3 Å². The van der Waals surface area contributed by atoms with Crippen molar-refractivity contribution in [1.29, 1.82) is 0 Å². The molecule has 2 N–H and O–H groups in total. The van der Waals surface area contributed by atoms with Crippen molar-refractivity contribution in [2.75, 3.05) is 5.32 Å². The minimum atomic E-state index is -0.308. The number of fused-ring (bicyclic) bond motifs is 1. The Balaban J connectivity index is 1.41. The number of nitrogens with one attached hydrogen (secondary N) is 2. The van der Waals surface area contributed by atoms with E-state index in [2.05, 4.69) is 37.0 Å². The van der Waals surface area contributed by atoms with Crippen molar-refractivity contribution in [2.24, 2.45) is 7.05 Å². The lowest BCUT2D eigenvalue weighted by atomic mass is 9.92. The lowest BCUT2D eigenvalue weighted by molar-refractivity contribution is 0.246. The van der Waals surface area contributed by atoms with Gasteiger partial charge in [0, 0.05) is 25.0 Å². The third kappa shape index (κ3) is 3.39. The Labute approximate surface area is 150 Å². The molecule has 1 aliphatic carbocycles. The average Bonchev–Trinajstić information content (AvgIpc) is 3.09. The normalized spacial score (nSPS) is 16.0. The van der Waals surface area contributed by atoms with Gasteiger partial charge in [0.2, 0.25) is 0 Å². The zero-order valence-electron chi connectivity index (χ0n) is 14.4. The lowest BCUT2D eigenvalue weighted by Crippen LogP contribution is -2.35. The summed E-state index contributed by atoms with van der Waals surface area (Å²) in [5.41, 5.74) is 3.73. The second-order valence-corrected chi connectivity index (χ2v) is 6.30. The number of carbonyl (C=O) groups excluding carboxylic acids is 1. The van der Waals surface area contributed by atoms with E-state index < -0.39 is 0 Å². The molecular formula is C18H19N7O. The van der Waals surface area contributed by atoms with E-state index in [1.165, 1.54) is 5.56 Å². The fourth-order valence-corrected chi connectivity index (χ4v) is 3.17. The minimum absolute atomic E-state index is 0.0809. The van der Waals surface area contributed by atoms with Crippen LogP contribution in [0.4, 0.5) is 10.6 Å². The van der Waals surface area contributed by atoms with E-state index in [0.717, 1.165) is 30.5 Å². The van der Waals surface area contributed by atoms with E-state index >= 15 is 0 Å². The standard InChI is InChI=1S/C18H19N7O/c1-25-11-13(10-20-25)14-7-8-16(24-23-14)22-18(26)21-15-6-2-4-12-5-3-9-19-17(12)15/h3,5,7-11,15H,2,4,6H2,1H3,(H2,21,22,24,26)/t15-/m1/s1. The van der Waals surface area contributed by atoms with Gasteiger partial charge in [-0.25, -0.2) is 4.79 Å². The summed E-state index contributed by atoms with van der Waals surface area (Å²) in [6.07, 6.45) is 8.25. The molecule has 0 fully saturated rings. The van der Waals surface area contributed by atoms with Crippen molar-refractivity contribution >= 4 is 11.8 Å². The SMILES string of the molecule is Cn1cc(-c2ccc(NC(=O)N[C@@H]3CCCc4cccnc43)nn2)cn1. The predicted octanol–water partition coefficient (Wildman–Crippen LogP) is 2.47. The van der Waals surface area contributed by atoms with Crippen LogP contribution in [-0.4, -0.2) is 31.0 Å². The third-order valence-electron chi connectivity index (χ3n) is 4.41. The van der Waals surface area contributed by atoms with Crippen molar-refractivity contribution in [3.05, 3.63) is 54.1 Å². The molecule has 2 amide bonds. The number of anilines is 1. The van der Waals surface area contributed by atoms with Gasteiger partial charge in [-0.2, -0.15) is 5.10 Å². The quantitative estimate of drug-likeness (QED) is 0.757. The largest absolute Gasteiger partial charge is 0.329 e. The summed E-state index contributed by atoms with van der Waals surface area (Å²) in [6.45, 7) is 0. The van der Waals surface area contributed by atoms with Gasteiger partial charge < -0.3 is 5.32 Å². The summed E-state index contributed by atoms with van der Waals surface area (Å²) in [6, 6.07) is 7.13. The van der Waals surface area contributed by atoms with Crippen molar-refractivity contribution < 1.29 is 4.79 Å². The number of pyridine rings is 1. The van der Waals surface area contributed by atoms with Crippen molar-refractivity contribution in [2.45, 2.75) is 25.3 Å². The van der Waals surface area contributed by atoms with Crippen molar-refractivity contribution in [1.82, 2.24) is 30.3 Å². The lowest BCUT2D eigenvalue weighted by Gasteiger charge is -2.25. The Kier molecular flexibility index (Phi) is 4.30. The van der Waals surface area contributed by atoms with Gasteiger partial charge in [-0.3, -0.25) is 15.0 Å². The number of hydrogen-bond donors (Lipinski definition) is 2. The highest BCUT2D eigenvalue weighted by atomic mass is 16.2. The Morgan fingerprint density at radius 2 is 2.19 bits per heavy atom. The van der Waals surface area contributed by atoms with Crippen molar-refractivity contribution in [3.63, 3.8) is 0 Å². The molecule has 0 aliphatic heterocycles. The summed E-state index contributed by atoms with van der Waals surface area (Å²) >= 11 is 0. The molecule has 132 valence electrons. The number of urea groups is 1. The van der Waals surface area contributed by atoms with Crippen LogP contribution in [0.1, 0.15) is 30.1 Å². The molecule has 26 heavy (non-hydrogen) atoms. The summed E-state index contributed by atoms with van der Waals surface area (Å²) in [7, 11) is 1.84. The topological polar surface area (TPSA) is 97.6 Å². The molecule has 0 unspecified atom stereocenters. The number of hydrogen-bond acceptors (Lipinski definition) is 5. The Hall–Kier alpha value is -3.29. The van der Waals surface area contributed by atoms with Gasteiger partial charge in [-0.15, -0.1) is 10.2 Å². The third-order valence-corrected chi connectivity index (χ3v) is 4.41. The Morgan fingerprint density at radius 1 is 1.27 bits per heavy atom. The van der Waals surface area contributed by atoms with Gasteiger partial charge in [0.25, 0.3) is 0 Å². The van der Waals surface area contributed by atoms with Gasteiger partial charge >= 0.3 is 6.03 Å². The summed E-state index contributed by atoms with van der Waals surface area (Å²) in [4.78, 5) is 16.7. The zero-order chi connectivity index (χ0) is 17.9. The van der Waals surface area contributed by atoms with Gasteiger partial charge in [-0.1, -0.05) is 6.07 Å². The van der Waals surface area contributed by atoms with Gasteiger partial charge in [-0.05, 0) is 43.0 Å². The molecular weight excluding hydrogens is 330 g/mol. The van der Waals surface area contributed by atoms with Gasteiger partial charge in [0.15, 0.2) is 5.82 Å². The number of aryl methyl sites for hydroxylation is 2. The summed E-state index contributed by atoms with van der Waals surface area (Å²) in [5, 5.41) is 18.0. The maximum atomic E-state index is 12.3. The first kappa shape index (κ1) is 16.2. The molecule has 3 heterocycles. The molecule has 0 aromatic carbocycles. The maximum Gasteiger partial charge on any atom is 0.320 e. The van der Waals surface area contributed by atoms with Crippen LogP contribution in [0.5, 0.6) is 0 Å². The molecule has 0 saturated heterocycles. The molecule has 3 aromatic rings. The van der Waals surface area contributed by atoms with Crippen LogP contribution in [0.3, 0.4) is 0 Å². The second-order valence-electron chi connectivity index (χ2n) is 6.30. The molecule has 4 rings (SSSR count). The molecule has 0 saturated carbocycles. The van der Waals surface area contributed by atoms with Gasteiger partial charge in [0.05, 0.1) is 23.6 Å². The Bertz CT molecular complexity index is 919. The molecule has 0 radical (unpaired) electrons. The Morgan fingerprint density at radius 3 is 2.96 bits per heavy atom. The molecule has 0 bridgehead atoms. The molecule has 3 aromatic heterocycles. The van der Waals surface area contributed by atoms with E-state index in [1.807, 2.05) is 19.3 Å². The first-order valence-corrected chi connectivity index (χ1v) is 8.53. The van der Waals surface area contributed by atoms with Crippen LogP contribution in [0.2, 0.25) is 0 Å². The second kappa shape index (κ2) is 6.91. The van der Waals surface area contributed by atoms with E-state index in [4.69, 9.17) is 0 Å². The zero-order valence-corrected chi connectivity index (χ0v) is 14.4. The van der Waals surface area contributed by atoms with Gasteiger partial charge in [0.1, 0.15) is 0 Å². The predicted molar refractivity (Wildman–Crippen MR) is 96.3 cm³/mol.